The standard InChI is InChI=1S/C16H17BrO/c1-3-12-5-4-6-13(10-12)16(18)15-8-7-14(17)9-11(15)2/h4-10,16,18H,3H2,1-2H3. The SMILES string of the molecule is CCc1cccc(C(O)c2ccc(Br)cc2C)c1. The van der Waals surface area contributed by atoms with Crippen molar-refractivity contribution < 1.29 is 5.11 Å². The van der Waals surface area contributed by atoms with Crippen LogP contribution < -0.4 is 0 Å². The van der Waals surface area contributed by atoms with Gasteiger partial charge in [0.15, 0.2) is 0 Å². The second kappa shape index (κ2) is 5.68. The number of hydrogen-bond donors (Lipinski definition) is 1. The molecule has 1 nitrogen and oxygen atoms in total. The van der Waals surface area contributed by atoms with Crippen molar-refractivity contribution in [2.24, 2.45) is 0 Å². The second-order valence-electron chi connectivity index (χ2n) is 4.50. The molecule has 0 fully saturated rings. The lowest BCUT2D eigenvalue weighted by molar-refractivity contribution is 0.219. The predicted octanol–water partition coefficient (Wildman–Crippen LogP) is 4.40. The summed E-state index contributed by atoms with van der Waals surface area (Å²) in [5, 5.41) is 10.5. The van der Waals surface area contributed by atoms with Crippen molar-refractivity contribution in [3.05, 3.63) is 69.2 Å². The molecule has 0 bridgehead atoms. The molecule has 0 heterocycles. The van der Waals surface area contributed by atoms with Gasteiger partial charge in [0.2, 0.25) is 0 Å². The summed E-state index contributed by atoms with van der Waals surface area (Å²) in [5.41, 5.74) is 4.27. The number of hydrogen-bond acceptors (Lipinski definition) is 1. The third-order valence-electron chi connectivity index (χ3n) is 3.20. The normalized spacial score (nSPS) is 12.4. The van der Waals surface area contributed by atoms with Crippen LogP contribution in [-0.4, -0.2) is 5.11 Å². The molecule has 0 aliphatic heterocycles. The molecule has 0 amide bonds. The van der Waals surface area contributed by atoms with E-state index in [2.05, 4.69) is 35.0 Å². The lowest BCUT2D eigenvalue weighted by Gasteiger charge is -2.15. The maximum absolute atomic E-state index is 10.5. The zero-order valence-electron chi connectivity index (χ0n) is 10.7. The number of rotatable bonds is 3. The first kappa shape index (κ1) is 13.3. The molecular weight excluding hydrogens is 288 g/mol. The fourth-order valence-corrected chi connectivity index (χ4v) is 2.58. The van der Waals surface area contributed by atoms with Gasteiger partial charge in [-0.25, -0.2) is 0 Å². The molecule has 0 aliphatic carbocycles. The minimum atomic E-state index is -0.551. The van der Waals surface area contributed by atoms with Crippen molar-refractivity contribution in [1.82, 2.24) is 0 Å². The summed E-state index contributed by atoms with van der Waals surface area (Å²) >= 11 is 3.44. The first-order chi connectivity index (χ1) is 8.61. The molecule has 0 aliphatic rings. The summed E-state index contributed by atoms with van der Waals surface area (Å²) in [7, 11) is 0. The van der Waals surface area contributed by atoms with Crippen molar-refractivity contribution in [2.45, 2.75) is 26.4 Å². The highest BCUT2D eigenvalue weighted by atomic mass is 79.9. The van der Waals surface area contributed by atoms with Gasteiger partial charge in [-0.2, -0.15) is 0 Å². The number of aliphatic hydroxyl groups excluding tert-OH is 1. The third-order valence-corrected chi connectivity index (χ3v) is 3.69. The van der Waals surface area contributed by atoms with E-state index in [1.807, 2.05) is 37.3 Å². The van der Waals surface area contributed by atoms with Gasteiger partial charge in [0.05, 0.1) is 0 Å². The summed E-state index contributed by atoms with van der Waals surface area (Å²) in [6.07, 6.45) is 0.435. The maximum atomic E-state index is 10.5. The van der Waals surface area contributed by atoms with Crippen molar-refractivity contribution in [1.29, 1.82) is 0 Å². The van der Waals surface area contributed by atoms with Crippen LogP contribution in [0.2, 0.25) is 0 Å². The highest BCUT2D eigenvalue weighted by molar-refractivity contribution is 9.10. The van der Waals surface area contributed by atoms with E-state index < -0.39 is 6.10 Å². The molecule has 0 saturated heterocycles. The van der Waals surface area contributed by atoms with Crippen LogP contribution in [0.25, 0.3) is 0 Å². The van der Waals surface area contributed by atoms with Crippen LogP contribution in [0.1, 0.15) is 35.3 Å². The van der Waals surface area contributed by atoms with Crippen LogP contribution in [0.15, 0.2) is 46.9 Å². The zero-order chi connectivity index (χ0) is 13.1. The quantitative estimate of drug-likeness (QED) is 0.891. The van der Waals surface area contributed by atoms with E-state index in [0.29, 0.717) is 0 Å². The molecule has 0 saturated carbocycles. The lowest BCUT2D eigenvalue weighted by atomic mass is 9.96. The number of benzene rings is 2. The zero-order valence-corrected chi connectivity index (χ0v) is 12.2. The van der Waals surface area contributed by atoms with Crippen LogP contribution in [0.3, 0.4) is 0 Å². The van der Waals surface area contributed by atoms with Crippen molar-refractivity contribution in [3.63, 3.8) is 0 Å². The number of halogens is 1. The fourth-order valence-electron chi connectivity index (χ4n) is 2.11. The van der Waals surface area contributed by atoms with Gasteiger partial charge in [-0.1, -0.05) is 53.2 Å². The molecule has 94 valence electrons. The molecule has 0 spiro atoms. The molecule has 2 heteroatoms. The average molecular weight is 305 g/mol. The highest BCUT2D eigenvalue weighted by Gasteiger charge is 2.13. The Labute approximate surface area is 117 Å². The smallest absolute Gasteiger partial charge is 0.104 e. The van der Waals surface area contributed by atoms with E-state index in [0.717, 1.165) is 27.6 Å². The Balaban J connectivity index is 2.37. The van der Waals surface area contributed by atoms with Gasteiger partial charge in [0.1, 0.15) is 6.10 Å². The van der Waals surface area contributed by atoms with E-state index in [1.54, 1.807) is 0 Å². The Kier molecular flexibility index (Phi) is 4.20. The Morgan fingerprint density at radius 3 is 2.61 bits per heavy atom. The molecule has 0 aromatic heterocycles. The van der Waals surface area contributed by atoms with E-state index in [4.69, 9.17) is 0 Å². The van der Waals surface area contributed by atoms with Gasteiger partial charge < -0.3 is 5.11 Å². The maximum Gasteiger partial charge on any atom is 0.104 e. The van der Waals surface area contributed by atoms with Crippen LogP contribution >= 0.6 is 15.9 Å². The topological polar surface area (TPSA) is 20.2 Å². The molecule has 0 radical (unpaired) electrons. The Hall–Kier alpha value is -1.12. The van der Waals surface area contributed by atoms with Crippen LogP contribution in [-0.2, 0) is 6.42 Å². The second-order valence-corrected chi connectivity index (χ2v) is 5.42. The van der Waals surface area contributed by atoms with Crippen LogP contribution in [0.5, 0.6) is 0 Å². The van der Waals surface area contributed by atoms with Gasteiger partial charge in [-0.05, 0) is 47.7 Å². The monoisotopic (exact) mass is 304 g/mol. The largest absolute Gasteiger partial charge is 0.384 e. The van der Waals surface area contributed by atoms with Crippen molar-refractivity contribution >= 4 is 15.9 Å². The molecule has 2 aromatic carbocycles. The first-order valence-electron chi connectivity index (χ1n) is 6.14. The molecular formula is C16H17BrO. The Bertz CT molecular complexity index is 549. The van der Waals surface area contributed by atoms with Crippen LogP contribution in [0.4, 0.5) is 0 Å². The van der Waals surface area contributed by atoms with Gasteiger partial charge >= 0.3 is 0 Å². The number of aliphatic hydroxyl groups is 1. The van der Waals surface area contributed by atoms with Gasteiger partial charge in [0, 0.05) is 4.47 Å². The Morgan fingerprint density at radius 2 is 1.94 bits per heavy atom. The molecule has 1 atom stereocenters. The van der Waals surface area contributed by atoms with Crippen molar-refractivity contribution in [3.8, 4) is 0 Å². The minimum absolute atomic E-state index is 0.551. The Morgan fingerprint density at radius 1 is 1.17 bits per heavy atom. The van der Waals surface area contributed by atoms with E-state index in [9.17, 15) is 5.11 Å². The first-order valence-corrected chi connectivity index (χ1v) is 6.94. The van der Waals surface area contributed by atoms with Gasteiger partial charge in [-0.3, -0.25) is 0 Å². The molecule has 2 rings (SSSR count). The van der Waals surface area contributed by atoms with E-state index in [-0.39, 0.29) is 0 Å². The molecule has 1 unspecified atom stereocenters. The summed E-state index contributed by atoms with van der Waals surface area (Å²) in [6, 6.07) is 14.1. The number of aryl methyl sites for hydroxylation is 2. The highest BCUT2D eigenvalue weighted by Crippen LogP contribution is 2.27. The third kappa shape index (κ3) is 2.82. The van der Waals surface area contributed by atoms with E-state index >= 15 is 0 Å². The van der Waals surface area contributed by atoms with Crippen molar-refractivity contribution in [2.75, 3.05) is 0 Å². The molecule has 1 N–H and O–H groups in total. The van der Waals surface area contributed by atoms with Gasteiger partial charge in [0.25, 0.3) is 0 Å². The summed E-state index contributed by atoms with van der Waals surface area (Å²) in [4.78, 5) is 0. The molecule has 2 aromatic rings. The summed E-state index contributed by atoms with van der Waals surface area (Å²) < 4.78 is 1.04. The fraction of sp³-hybridized carbons (Fsp3) is 0.250. The molecule has 18 heavy (non-hydrogen) atoms. The lowest BCUT2D eigenvalue weighted by Crippen LogP contribution is -2.02. The predicted molar refractivity (Wildman–Crippen MR) is 78.8 cm³/mol. The summed E-state index contributed by atoms with van der Waals surface area (Å²) in [6.45, 7) is 4.14. The average Bonchev–Trinajstić information content (AvgIpc) is 2.38. The van der Waals surface area contributed by atoms with Crippen LogP contribution in [0, 0.1) is 6.92 Å². The minimum Gasteiger partial charge on any atom is -0.384 e. The van der Waals surface area contributed by atoms with E-state index in [1.165, 1.54) is 5.56 Å². The summed E-state index contributed by atoms with van der Waals surface area (Å²) in [5.74, 6) is 0. The van der Waals surface area contributed by atoms with Gasteiger partial charge in [-0.15, -0.1) is 0 Å².